The number of anilines is 2. The van der Waals surface area contributed by atoms with Crippen molar-refractivity contribution in [2.75, 3.05) is 42.2 Å². The first kappa shape index (κ1) is 25.8. The van der Waals surface area contributed by atoms with Crippen LogP contribution in [0.25, 0.3) is 0 Å². The quantitative estimate of drug-likeness (QED) is 0.548. The molecule has 12 heteroatoms. The molecule has 10 nitrogen and oxygen atoms in total. The van der Waals surface area contributed by atoms with Gasteiger partial charge >= 0.3 is 0 Å². The van der Waals surface area contributed by atoms with Gasteiger partial charge < -0.3 is 14.8 Å². The lowest BCUT2D eigenvalue weighted by atomic mass is 10.2. The molecule has 0 saturated carbocycles. The summed E-state index contributed by atoms with van der Waals surface area (Å²) < 4.78 is 63.8. The molecule has 186 valence electrons. The molecule has 1 N–H and O–H groups in total. The molecule has 0 aliphatic carbocycles. The molecule has 1 atom stereocenters. The molecule has 0 saturated heterocycles. The number of carbonyl (C=O) groups excluding carboxylic acids is 1. The van der Waals surface area contributed by atoms with Crippen LogP contribution in [0.5, 0.6) is 11.5 Å². The summed E-state index contributed by atoms with van der Waals surface area (Å²) in [6.07, 6.45) is 1.01. The largest absolute Gasteiger partial charge is 0.486 e. The van der Waals surface area contributed by atoms with Gasteiger partial charge in [-0.05, 0) is 43.3 Å². The Hall–Kier alpha value is -2.83. The fourth-order valence-electron chi connectivity index (χ4n) is 3.65. The lowest BCUT2D eigenvalue weighted by Crippen LogP contribution is -2.45. The van der Waals surface area contributed by atoms with Crippen LogP contribution in [0, 0.1) is 0 Å². The number of hydrogen-bond acceptors (Lipinski definition) is 7. The zero-order valence-electron chi connectivity index (χ0n) is 19.5. The second-order valence-electron chi connectivity index (χ2n) is 7.67. The number of fused-ring (bicyclic) bond motifs is 1. The van der Waals surface area contributed by atoms with Crippen LogP contribution in [0.3, 0.4) is 0 Å². The van der Waals surface area contributed by atoms with Crippen LogP contribution in [0.4, 0.5) is 11.4 Å². The summed E-state index contributed by atoms with van der Waals surface area (Å²) in [5, 5.41) is 2.65. The molecule has 0 radical (unpaired) electrons. The Kier molecular flexibility index (Phi) is 7.74. The SMILES string of the molecule is CCN(CC)S(=O)(=O)c1ccc(NC(=O)[C@@H](C)N(c2ccc3c(c2)OCCO3)S(C)(=O)=O)cc1. The van der Waals surface area contributed by atoms with Gasteiger partial charge in [0.2, 0.25) is 26.0 Å². The second-order valence-corrected chi connectivity index (χ2v) is 11.5. The van der Waals surface area contributed by atoms with Crippen molar-refractivity contribution in [3.8, 4) is 11.5 Å². The van der Waals surface area contributed by atoms with Gasteiger partial charge in [0, 0.05) is 24.8 Å². The Morgan fingerprint density at radius 3 is 2.12 bits per heavy atom. The van der Waals surface area contributed by atoms with Crippen LogP contribution < -0.4 is 19.1 Å². The molecular formula is C22H29N3O7S2. The van der Waals surface area contributed by atoms with Crippen LogP contribution in [0.15, 0.2) is 47.4 Å². The molecular weight excluding hydrogens is 482 g/mol. The van der Waals surface area contributed by atoms with E-state index >= 15 is 0 Å². The zero-order valence-corrected chi connectivity index (χ0v) is 21.1. The van der Waals surface area contributed by atoms with Crippen molar-refractivity contribution >= 4 is 37.3 Å². The van der Waals surface area contributed by atoms with Gasteiger partial charge in [-0.1, -0.05) is 13.8 Å². The summed E-state index contributed by atoms with van der Waals surface area (Å²) in [6, 6.07) is 9.31. The highest BCUT2D eigenvalue weighted by Crippen LogP contribution is 2.35. The van der Waals surface area contributed by atoms with E-state index in [9.17, 15) is 21.6 Å². The Morgan fingerprint density at radius 1 is 0.971 bits per heavy atom. The lowest BCUT2D eigenvalue weighted by Gasteiger charge is -2.29. The van der Waals surface area contributed by atoms with Gasteiger partial charge in [0.1, 0.15) is 19.3 Å². The van der Waals surface area contributed by atoms with E-state index in [1.807, 2.05) is 0 Å². The van der Waals surface area contributed by atoms with E-state index in [2.05, 4.69) is 5.32 Å². The smallest absolute Gasteiger partial charge is 0.247 e. The molecule has 0 unspecified atom stereocenters. The molecule has 0 bridgehead atoms. The highest BCUT2D eigenvalue weighted by atomic mass is 32.2. The summed E-state index contributed by atoms with van der Waals surface area (Å²) in [5.74, 6) is 0.315. The first-order chi connectivity index (χ1) is 16.0. The molecule has 0 spiro atoms. The van der Waals surface area contributed by atoms with Crippen molar-refractivity contribution in [3.05, 3.63) is 42.5 Å². The number of hydrogen-bond donors (Lipinski definition) is 1. The van der Waals surface area contributed by atoms with E-state index in [0.717, 1.165) is 10.6 Å². The van der Waals surface area contributed by atoms with E-state index in [0.29, 0.717) is 43.5 Å². The number of nitrogens with zero attached hydrogens (tertiary/aromatic N) is 2. The van der Waals surface area contributed by atoms with Crippen LogP contribution in [0.1, 0.15) is 20.8 Å². The average Bonchev–Trinajstić information content (AvgIpc) is 2.79. The van der Waals surface area contributed by atoms with Gasteiger partial charge in [-0.3, -0.25) is 9.10 Å². The number of ether oxygens (including phenoxy) is 2. The van der Waals surface area contributed by atoms with Gasteiger partial charge in [-0.15, -0.1) is 0 Å². The summed E-state index contributed by atoms with van der Waals surface area (Å²) >= 11 is 0. The first-order valence-corrected chi connectivity index (χ1v) is 14.1. The van der Waals surface area contributed by atoms with Crippen LogP contribution >= 0.6 is 0 Å². The summed E-state index contributed by atoms with van der Waals surface area (Å²) in [6.45, 7) is 6.40. The highest BCUT2D eigenvalue weighted by Gasteiger charge is 2.30. The number of carbonyl (C=O) groups is 1. The Balaban J connectivity index is 1.81. The Morgan fingerprint density at radius 2 is 1.56 bits per heavy atom. The Bertz CT molecular complexity index is 1240. The lowest BCUT2D eigenvalue weighted by molar-refractivity contribution is -0.116. The number of rotatable bonds is 9. The monoisotopic (exact) mass is 511 g/mol. The number of amides is 1. The maximum Gasteiger partial charge on any atom is 0.247 e. The predicted octanol–water partition coefficient (Wildman–Crippen LogP) is 2.28. The molecule has 1 amide bonds. The van der Waals surface area contributed by atoms with Crippen LogP contribution in [-0.2, 0) is 24.8 Å². The van der Waals surface area contributed by atoms with E-state index in [1.54, 1.807) is 26.0 Å². The highest BCUT2D eigenvalue weighted by molar-refractivity contribution is 7.92. The molecule has 1 heterocycles. The van der Waals surface area contributed by atoms with Gasteiger partial charge in [0.15, 0.2) is 11.5 Å². The van der Waals surface area contributed by atoms with Gasteiger partial charge in [0.25, 0.3) is 0 Å². The normalized spacial score (nSPS) is 14.5. The van der Waals surface area contributed by atoms with Crippen LogP contribution in [0.2, 0.25) is 0 Å². The van der Waals surface area contributed by atoms with Crippen molar-refractivity contribution in [1.82, 2.24) is 4.31 Å². The third kappa shape index (κ3) is 5.45. The van der Waals surface area contributed by atoms with Gasteiger partial charge in [-0.25, -0.2) is 16.8 Å². The minimum atomic E-state index is -3.83. The summed E-state index contributed by atoms with van der Waals surface area (Å²) in [7, 11) is -7.46. The van der Waals surface area contributed by atoms with Crippen LogP contribution in [-0.4, -0.2) is 65.6 Å². The molecule has 0 fully saturated rings. The average molecular weight is 512 g/mol. The molecule has 1 aliphatic heterocycles. The van der Waals surface area contributed by atoms with Crippen molar-refractivity contribution in [1.29, 1.82) is 0 Å². The van der Waals surface area contributed by atoms with Crippen molar-refractivity contribution < 1.29 is 31.1 Å². The summed E-state index contributed by atoms with van der Waals surface area (Å²) in [4.78, 5) is 13.1. The maximum absolute atomic E-state index is 12.9. The van der Waals surface area contributed by atoms with E-state index in [1.165, 1.54) is 41.6 Å². The third-order valence-corrected chi connectivity index (χ3v) is 8.64. The van der Waals surface area contributed by atoms with Crippen molar-refractivity contribution in [3.63, 3.8) is 0 Å². The molecule has 2 aromatic carbocycles. The predicted molar refractivity (Wildman–Crippen MR) is 129 cm³/mol. The minimum Gasteiger partial charge on any atom is -0.486 e. The fraction of sp³-hybridized carbons (Fsp3) is 0.409. The number of nitrogens with one attached hydrogen (secondary N) is 1. The number of benzene rings is 2. The van der Waals surface area contributed by atoms with E-state index in [-0.39, 0.29) is 10.6 Å². The Labute approximate surface area is 200 Å². The summed E-state index contributed by atoms with van der Waals surface area (Å²) in [5.41, 5.74) is 0.598. The second kappa shape index (κ2) is 10.2. The molecule has 1 aliphatic rings. The first-order valence-electron chi connectivity index (χ1n) is 10.8. The van der Waals surface area contributed by atoms with Crippen molar-refractivity contribution in [2.45, 2.75) is 31.7 Å². The molecule has 34 heavy (non-hydrogen) atoms. The molecule has 2 aromatic rings. The topological polar surface area (TPSA) is 122 Å². The third-order valence-electron chi connectivity index (χ3n) is 5.33. The van der Waals surface area contributed by atoms with E-state index in [4.69, 9.17) is 9.47 Å². The molecule has 0 aromatic heterocycles. The zero-order chi connectivity index (χ0) is 25.1. The van der Waals surface area contributed by atoms with Gasteiger partial charge in [0.05, 0.1) is 16.8 Å². The molecule has 3 rings (SSSR count). The number of sulfonamides is 2. The van der Waals surface area contributed by atoms with Crippen molar-refractivity contribution in [2.24, 2.45) is 0 Å². The van der Waals surface area contributed by atoms with Gasteiger partial charge in [-0.2, -0.15) is 4.31 Å². The maximum atomic E-state index is 12.9. The standard InChI is InChI=1S/C22H29N3O7S2/c1-5-24(6-2)34(29,30)19-10-7-17(8-11-19)23-22(26)16(3)25(33(4,27)28)18-9-12-20-21(15-18)32-14-13-31-20/h7-12,15-16H,5-6,13-14H2,1-4H3,(H,23,26)/t16-/m1/s1. The van der Waals surface area contributed by atoms with E-state index < -0.39 is 32.0 Å². The minimum absolute atomic E-state index is 0.108. The fourth-order valence-corrected chi connectivity index (χ4v) is 6.27.